The lowest BCUT2D eigenvalue weighted by Gasteiger charge is -2.10. The molecule has 6 rings (SSSR count). The topological polar surface area (TPSA) is 63.6 Å². The molecule has 0 fully saturated rings. The number of hydrogen-bond acceptors (Lipinski definition) is 6. The monoisotopic (exact) mass is 460 g/mol. The van der Waals surface area contributed by atoms with E-state index in [9.17, 15) is 14.7 Å². The lowest BCUT2D eigenvalue weighted by molar-refractivity contribution is 0.283. The van der Waals surface area contributed by atoms with Crippen molar-refractivity contribution >= 4 is 75.2 Å². The van der Waals surface area contributed by atoms with E-state index in [2.05, 4.69) is 0 Å². The van der Waals surface area contributed by atoms with E-state index in [1.165, 1.54) is 0 Å². The Morgan fingerprint density at radius 3 is 1.78 bits per heavy atom. The second-order valence-electron chi connectivity index (χ2n) is 8.50. The first kappa shape index (κ1) is 19.9. The Morgan fingerprint density at radius 1 is 0.750 bits per heavy atom. The number of thiophene rings is 2. The van der Waals surface area contributed by atoms with Crippen LogP contribution in [-0.2, 0) is 6.61 Å². The third kappa shape index (κ3) is 2.15. The predicted octanol–water partition coefficient (Wildman–Crippen LogP) is 5.91. The summed E-state index contributed by atoms with van der Waals surface area (Å²) < 4.78 is 7.62. The minimum Gasteiger partial charge on any atom is -0.496 e. The molecule has 6 aromatic rings. The highest BCUT2D eigenvalue weighted by Crippen LogP contribution is 2.46. The van der Waals surface area contributed by atoms with Crippen molar-refractivity contribution < 1.29 is 9.84 Å². The van der Waals surface area contributed by atoms with E-state index in [1.54, 1.807) is 29.8 Å². The smallest absolute Gasteiger partial charge is 0.196 e. The zero-order valence-corrected chi connectivity index (χ0v) is 20.0. The van der Waals surface area contributed by atoms with E-state index in [1.807, 2.05) is 39.8 Å². The van der Waals surface area contributed by atoms with Gasteiger partial charge in [-0.3, -0.25) is 9.59 Å². The van der Waals surface area contributed by atoms with Gasteiger partial charge in [-0.1, -0.05) is 0 Å². The van der Waals surface area contributed by atoms with Crippen molar-refractivity contribution in [1.29, 1.82) is 0 Å². The average Bonchev–Trinajstić information content (AvgIpc) is 3.43. The Bertz CT molecular complexity index is 1740. The maximum atomic E-state index is 13.7. The number of hydrogen-bond donors (Lipinski definition) is 1. The van der Waals surface area contributed by atoms with Gasteiger partial charge in [0.2, 0.25) is 0 Å². The van der Waals surface area contributed by atoms with Gasteiger partial charge in [0.15, 0.2) is 10.9 Å². The molecule has 0 aliphatic heterocycles. The van der Waals surface area contributed by atoms with Crippen molar-refractivity contribution in [3.05, 3.63) is 59.0 Å². The first-order chi connectivity index (χ1) is 15.3. The first-order valence-corrected chi connectivity index (χ1v) is 12.0. The maximum absolute atomic E-state index is 13.7. The van der Waals surface area contributed by atoms with Crippen LogP contribution in [-0.4, -0.2) is 12.2 Å². The number of benzene rings is 2. The van der Waals surface area contributed by atoms with Crippen LogP contribution in [0, 0.1) is 27.7 Å². The minimum absolute atomic E-state index is 0.0307. The van der Waals surface area contributed by atoms with Gasteiger partial charge in [-0.2, -0.15) is 0 Å². The second kappa shape index (κ2) is 6.38. The van der Waals surface area contributed by atoms with E-state index in [4.69, 9.17) is 4.74 Å². The molecule has 0 saturated heterocycles. The Labute approximate surface area is 191 Å². The van der Waals surface area contributed by atoms with E-state index >= 15 is 0 Å². The molecule has 0 saturated carbocycles. The minimum atomic E-state index is -0.198. The standard InChI is InChI=1S/C26H20O4S2/c1-9-11(3)31-25-17(9)23(28)20-15-7-16(30-5)22-21(14(15)6-13(8-27)19(20)25)24(29)18-10(2)12(4)32-26(18)22/h6-7,27H,8H2,1-5H3. The molecule has 1 N–H and O–H groups in total. The fraction of sp³-hybridized carbons (Fsp3) is 0.231. The Morgan fingerprint density at radius 2 is 1.25 bits per heavy atom. The van der Waals surface area contributed by atoms with Gasteiger partial charge in [0.25, 0.3) is 0 Å². The molecule has 4 aromatic carbocycles. The van der Waals surface area contributed by atoms with Crippen molar-refractivity contribution in [2.45, 2.75) is 34.3 Å². The number of methoxy groups -OCH3 is 1. The number of aliphatic hydroxyl groups excluding tert-OH is 1. The summed E-state index contributed by atoms with van der Waals surface area (Å²) in [4.78, 5) is 29.5. The van der Waals surface area contributed by atoms with Crippen molar-refractivity contribution in [2.24, 2.45) is 0 Å². The van der Waals surface area contributed by atoms with Crippen LogP contribution >= 0.6 is 22.7 Å². The van der Waals surface area contributed by atoms with E-state index in [0.29, 0.717) is 27.5 Å². The number of ether oxygens (including phenoxy) is 1. The molecule has 0 amide bonds. The largest absolute Gasteiger partial charge is 0.496 e. The summed E-state index contributed by atoms with van der Waals surface area (Å²) in [6, 6.07) is 3.80. The molecule has 0 aliphatic carbocycles. The van der Waals surface area contributed by atoms with Gasteiger partial charge in [-0.05, 0) is 67.3 Å². The number of aliphatic hydroxyl groups is 1. The van der Waals surface area contributed by atoms with E-state index in [0.717, 1.165) is 57.2 Å². The highest BCUT2D eigenvalue weighted by atomic mass is 32.1. The molecule has 32 heavy (non-hydrogen) atoms. The molecule has 0 aliphatic rings. The van der Waals surface area contributed by atoms with Gasteiger partial charge in [-0.15, -0.1) is 22.7 Å². The van der Waals surface area contributed by atoms with Gasteiger partial charge >= 0.3 is 0 Å². The summed E-state index contributed by atoms with van der Waals surface area (Å²) in [5.74, 6) is 0.607. The molecular weight excluding hydrogens is 440 g/mol. The van der Waals surface area contributed by atoms with E-state index in [-0.39, 0.29) is 17.5 Å². The first-order valence-electron chi connectivity index (χ1n) is 10.4. The van der Waals surface area contributed by atoms with Crippen LogP contribution in [0.4, 0.5) is 0 Å². The molecule has 4 nitrogen and oxygen atoms in total. The Kier molecular flexibility index (Phi) is 3.96. The number of fused-ring (bicyclic) bond motifs is 9. The van der Waals surface area contributed by atoms with E-state index < -0.39 is 0 Å². The maximum Gasteiger partial charge on any atom is 0.196 e. The lowest BCUT2D eigenvalue weighted by atomic mass is 9.97. The van der Waals surface area contributed by atoms with Crippen molar-refractivity contribution in [3.63, 3.8) is 0 Å². The zero-order chi connectivity index (χ0) is 22.6. The highest BCUT2D eigenvalue weighted by Gasteiger charge is 2.26. The van der Waals surface area contributed by atoms with Crippen LogP contribution in [0.5, 0.6) is 5.75 Å². The summed E-state index contributed by atoms with van der Waals surface area (Å²) in [7, 11) is 1.60. The zero-order valence-electron chi connectivity index (χ0n) is 18.4. The molecule has 0 radical (unpaired) electrons. The fourth-order valence-corrected chi connectivity index (χ4v) is 7.68. The van der Waals surface area contributed by atoms with Crippen LogP contribution in [0.2, 0.25) is 0 Å². The summed E-state index contributed by atoms with van der Waals surface area (Å²) in [5.41, 5.74) is 2.60. The summed E-state index contributed by atoms with van der Waals surface area (Å²) in [6.07, 6.45) is 0. The van der Waals surface area contributed by atoms with Gasteiger partial charge < -0.3 is 9.84 Å². The molecule has 0 bridgehead atoms. The van der Waals surface area contributed by atoms with Gasteiger partial charge in [0.05, 0.1) is 18.4 Å². The van der Waals surface area contributed by atoms with Crippen LogP contribution in [0.15, 0.2) is 21.7 Å². The van der Waals surface area contributed by atoms with Crippen LogP contribution in [0.1, 0.15) is 26.4 Å². The van der Waals surface area contributed by atoms with Gasteiger partial charge in [0.1, 0.15) is 5.75 Å². The SMILES string of the molecule is COc1cc2c(cc(CO)c3c4sc(C)c(C)c4c(=O)c23)c2c(=O)c3c(C)c(C)sc3c12. The highest BCUT2D eigenvalue weighted by molar-refractivity contribution is 7.20. The third-order valence-electron chi connectivity index (χ3n) is 7.01. The third-order valence-corrected chi connectivity index (χ3v) is 9.46. The summed E-state index contributed by atoms with van der Waals surface area (Å²) in [5, 5.41) is 15.9. The molecule has 0 atom stereocenters. The van der Waals surface area contributed by atoms with Crippen LogP contribution in [0.3, 0.4) is 0 Å². The number of rotatable bonds is 2. The molecular formula is C26H20O4S2. The molecule has 0 unspecified atom stereocenters. The van der Waals surface area contributed by atoms with Crippen LogP contribution < -0.4 is 15.6 Å². The molecule has 2 heterocycles. The van der Waals surface area contributed by atoms with Crippen molar-refractivity contribution in [1.82, 2.24) is 0 Å². The Hall–Kier alpha value is -2.80. The predicted molar refractivity (Wildman–Crippen MR) is 136 cm³/mol. The van der Waals surface area contributed by atoms with Crippen molar-refractivity contribution in [2.75, 3.05) is 7.11 Å². The van der Waals surface area contributed by atoms with Crippen molar-refractivity contribution in [3.8, 4) is 5.75 Å². The summed E-state index contributed by atoms with van der Waals surface area (Å²) >= 11 is 3.19. The van der Waals surface area contributed by atoms with Gasteiger partial charge in [-0.25, -0.2) is 0 Å². The average molecular weight is 461 g/mol. The summed E-state index contributed by atoms with van der Waals surface area (Å²) in [6.45, 7) is 7.79. The normalized spacial score (nSPS) is 12.4. The number of aryl methyl sites for hydroxylation is 4. The lowest BCUT2D eigenvalue weighted by Crippen LogP contribution is -2.01. The molecule has 160 valence electrons. The quantitative estimate of drug-likeness (QED) is 0.349. The fourth-order valence-electron chi connectivity index (χ4n) is 5.22. The second-order valence-corrected chi connectivity index (χ2v) is 11.0. The molecule has 2 aromatic heterocycles. The molecule has 0 spiro atoms. The van der Waals surface area contributed by atoms with Crippen LogP contribution in [0.25, 0.3) is 52.5 Å². The Balaban J connectivity index is 1.98. The molecule has 6 heteroatoms. The van der Waals surface area contributed by atoms with Gasteiger partial charge in [0, 0.05) is 46.8 Å².